The molecule has 0 aliphatic heterocycles. The molecule has 2 aromatic carbocycles. The number of amides is 1. The lowest BCUT2D eigenvalue weighted by Gasteiger charge is -2.19. The van der Waals surface area contributed by atoms with Crippen LogP contribution in [-0.2, 0) is 9.53 Å². The lowest BCUT2D eigenvalue weighted by molar-refractivity contribution is -0.139. The van der Waals surface area contributed by atoms with Crippen LogP contribution >= 0.6 is 0 Å². The number of rotatable bonds is 7. The van der Waals surface area contributed by atoms with Crippen LogP contribution < -0.4 is 5.32 Å². The summed E-state index contributed by atoms with van der Waals surface area (Å²) in [5, 5.41) is 11.9. The minimum atomic E-state index is -1.04. The highest BCUT2D eigenvalue weighted by Crippen LogP contribution is 2.44. The molecule has 1 amide bonds. The van der Waals surface area contributed by atoms with E-state index >= 15 is 0 Å². The Balaban J connectivity index is 1.71. The molecule has 0 radical (unpaired) electrons. The quantitative estimate of drug-likeness (QED) is 0.740. The molecule has 1 aliphatic carbocycles. The summed E-state index contributed by atoms with van der Waals surface area (Å²) < 4.78 is 5.66. The Morgan fingerprint density at radius 2 is 1.56 bits per heavy atom. The molecule has 3 rings (SSSR count). The number of aliphatic carboxylic acids is 1. The van der Waals surface area contributed by atoms with Crippen molar-refractivity contribution in [3.63, 3.8) is 0 Å². The van der Waals surface area contributed by atoms with Gasteiger partial charge in [-0.05, 0) is 23.5 Å². The second-order valence-corrected chi connectivity index (χ2v) is 7.32. The number of carbonyl (C=O) groups excluding carboxylic acids is 1. The molecule has 142 valence electrons. The van der Waals surface area contributed by atoms with Gasteiger partial charge in [-0.15, -0.1) is 0 Å². The summed E-state index contributed by atoms with van der Waals surface area (Å²) in [5.41, 5.74) is 3.91. The van der Waals surface area contributed by atoms with Crippen molar-refractivity contribution < 1.29 is 19.4 Å². The van der Waals surface area contributed by atoms with Crippen LogP contribution in [0, 0.1) is 5.92 Å². The van der Waals surface area contributed by atoms with E-state index in [-0.39, 0.29) is 0 Å². The Kier molecular flexibility index (Phi) is 5.79. The molecule has 1 atom stereocenters. The fraction of sp³-hybridized carbons (Fsp3) is 0.364. The molecule has 27 heavy (non-hydrogen) atoms. The zero-order valence-corrected chi connectivity index (χ0v) is 15.6. The van der Waals surface area contributed by atoms with Crippen molar-refractivity contribution in [2.75, 3.05) is 0 Å². The topological polar surface area (TPSA) is 75.6 Å². The zero-order chi connectivity index (χ0) is 19.4. The molecular formula is C22H25NO4. The summed E-state index contributed by atoms with van der Waals surface area (Å²) in [6.45, 7) is 4.18. The maximum absolute atomic E-state index is 12.4. The minimum Gasteiger partial charge on any atom is -0.480 e. The molecule has 0 heterocycles. The number of hydrogen-bond acceptors (Lipinski definition) is 3. The Labute approximate surface area is 159 Å². The van der Waals surface area contributed by atoms with Gasteiger partial charge in [-0.3, -0.25) is 0 Å². The monoisotopic (exact) mass is 367 g/mol. The van der Waals surface area contributed by atoms with Gasteiger partial charge in [0.25, 0.3) is 0 Å². The van der Waals surface area contributed by atoms with Gasteiger partial charge in [-0.1, -0.05) is 75.2 Å². The first kappa shape index (κ1) is 19.0. The number of carboxylic acid groups (broad SMARTS) is 1. The van der Waals surface area contributed by atoms with Crippen LogP contribution in [0.1, 0.15) is 50.3 Å². The summed E-state index contributed by atoms with van der Waals surface area (Å²) >= 11 is 0. The Morgan fingerprint density at radius 3 is 2.07 bits per heavy atom. The van der Waals surface area contributed by atoms with Crippen molar-refractivity contribution >= 4 is 12.1 Å². The molecule has 2 aromatic rings. The fourth-order valence-electron chi connectivity index (χ4n) is 3.51. The van der Waals surface area contributed by atoms with Crippen LogP contribution in [0.15, 0.2) is 48.5 Å². The minimum absolute atomic E-state index is 0.389. The van der Waals surface area contributed by atoms with Crippen LogP contribution in [0.2, 0.25) is 0 Å². The van der Waals surface area contributed by atoms with Gasteiger partial charge in [0, 0.05) is 11.1 Å². The Hall–Kier alpha value is -2.82. The molecule has 5 heteroatoms. The number of carboxylic acids is 1. The number of hydrogen-bond donors (Lipinski definition) is 2. The summed E-state index contributed by atoms with van der Waals surface area (Å²) in [5.74, 6) is -0.541. The smallest absolute Gasteiger partial charge is 0.408 e. The third-order valence-electron chi connectivity index (χ3n) is 4.87. The van der Waals surface area contributed by atoms with Crippen LogP contribution in [0.3, 0.4) is 0 Å². The van der Waals surface area contributed by atoms with Gasteiger partial charge in [0.05, 0.1) is 0 Å². The van der Waals surface area contributed by atoms with Crippen molar-refractivity contribution in [1.82, 2.24) is 5.32 Å². The molecule has 0 spiro atoms. The molecule has 1 aliphatic rings. The highest BCUT2D eigenvalue weighted by Gasteiger charge is 2.32. The molecule has 1 unspecified atom stereocenters. The highest BCUT2D eigenvalue weighted by atomic mass is 16.6. The number of alkyl carbamates (subject to hydrolysis) is 1. The van der Waals surface area contributed by atoms with Gasteiger partial charge in [0.2, 0.25) is 0 Å². The Bertz CT molecular complexity index is 785. The van der Waals surface area contributed by atoms with E-state index in [1.54, 1.807) is 0 Å². The van der Waals surface area contributed by atoms with Gasteiger partial charge >= 0.3 is 12.1 Å². The van der Waals surface area contributed by atoms with Crippen molar-refractivity contribution in [3.05, 3.63) is 59.7 Å². The van der Waals surface area contributed by atoms with Gasteiger partial charge in [0.15, 0.2) is 6.10 Å². The average molecular weight is 367 g/mol. The van der Waals surface area contributed by atoms with Crippen molar-refractivity contribution in [2.24, 2.45) is 5.92 Å². The summed E-state index contributed by atoms with van der Waals surface area (Å²) in [6, 6.07) is 14.7. The second kappa shape index (κ2) is 8.25. The number of nitrogens with one attached hydrogen (secondary N) is 1. The first-order valence-electron chi connectivity index (χ1n) is 9.35. The molecule has 0 saturated carbocycles. The van der Waals surface area contributed by atoms with Crippen molar-refractivity contribution in [3.8, 4) is 11.1 Å². The van der Waals surface area contributed by atoms with Crippen LogP contribution in [0.5, 0.6) is 0 Å². The second-order valence-electron chi connectivity index (χ2n) is 7.32. The maximum Gasteiger partial charge on any atom is 0.408 e. The molecule has 0 saturated heterocycles. The van der Waals surface area contributed by atoms with Crippen LogP contribution in [0.25, 0.3) is 11.1 Å². The van der Waals surface area contributed by atoms with Gasteiger partial charge in [-0.2, -0.15) is 0 Å². The van der Waals surface area contributed by atoms with E-state index in [0.29, 0.717) is 12.3 Å². The first-order valence-corrected chi connectivity index (χ1v) is 9.35. The zero-order valence-electron chi connectivity index (χ0n) is 15.6. The van der Waals surface area contributed by atoms with Crippen LogP contribution in [0.4, 0.5) is 4.79 Å². The normalized spacial score (nSPS) is 13.7. The standard InChI is InChI=1S/C22H25NO4/c1-14(2)8-7-13-19(21(24)25)23-22(26)27-20-17-11-5-3-9-15(17)16-10-4-6-12-18(16)20/h3-6,9-12,14,19-20H,7-8,13H2,1-2H3,(H,23,26)(H,24,25). The van der Waals surface area contributed by atoms with E-state index in [9.17, 15) is 14.7 Å². The van der Waals surface area contributed by atoms with Crippen molar-refractivity contribution in [2.45, 2.75) is 45.3 Å². The molecule has 5 nitrogen and oxygen atoms in total. The predicted molar refractivity (Wildman–Crippen MR) is 103 cm³/mol. The molecule has 2 N–H and O–H groups in total. The lowest BCUT2D eigenvalue weighted by Crippen LogP contribution is -2.41. The fourth-order valence-corrected chi connectivity index (χ4v) is 3.51. The summed E-state index contributed by atoms with van der Waals surface area (Å²) in [6.07, 6.45) is 0.819. The molecule has 0 bridgehead atoms. The molecule has 0 fully saturated rings. The van der Waals surface area contributed by atoms with E-state index in [1.165, 1.54) is 0 Å². The third-order valence-corrected chi connectivity index (χ3v) is 4.87. The van der Waals surface area contributed by atoms with E-state index in [4.69, 9.17) is 4.74 Å². The molecule has 0 aromatic heterocycles. The van der Waals surface area contributed by atoms with Crippen molar-refractivity contribution in [1.29, 1.82) is 0 Å². The summed E-state index contributed by atoms with van der Waals surface area (Å²) in [4.78, 5) is 23.9. The average Bonchev–Trinajstić information content (AvgIpc) is 2.95. The van der Waals surface area contributed by atoms with E-state index in [1.807, 2.05) is 48.5 Å². The predicted octanol–water partition coefficient (Wildman–Crippen LogP) is 4.76. The van der Waals surface area contributed by atoms with Crippen LogP contribution in [-0.4, -0.2) is 23.2 Å². The SMILES string of the molecule is CC(C)CCCC(NC(=O)OC1c2ccccc2-c2ccccc21)C(=O)O. The number of benzene rings is 2. The molecular weight excluding hydrogens is 342 g/mol. The number of fused-ring (bicyclic) bond motifs is 3. The van der Waals surface area contributed by atoms with Gasteiger partial charge in [-0.25, -0.2) is 9.59 Å². The Morgan fingerprint density at radius 1 is 1.00 bits per heavy atom. The van der Waals surface area contributed by atoms with Gasteiger partial charge in [0.1, 0.15) is 6.04 Å². The lowest BCUT2D eigenvalue weighted by atomic mass is 10.0. The maximum atomic E-state index is 12.4. The van der Waals surface area contributed by atoms with E-state index in [0.717, 1.165) is 35.1 Å². The first-order chi connectivity index (χ1) is 13.0. The van der Waals surface area contributed by atoms with Gasteiger partial charge < -0.3 is 15.2 Å². The summed E-state index contributed by atoms with van der Waals surface area (Å²) in [7, 11) is 0. The number of carbonyl (C=O) groups is 2. The highest BCUT2D eigenvalue weighted by molar-refractivity contribution is 5.82. The van der Waals surface area contributed by atoms with E-state index in [2.05, 4.69) is 19.2 Å². The van der Waals surface area contributed by atoms with E-state index < -0.39 is 24.2 Å². The number of ether oxygens (including phenoxy) is 1. The third kappa shape index (κ3) is 4.30. The largest absolute Gasteiger partial charge is 0.480 e.